The van der Waals surface area contributed by atoms with Gasteiger partial charge in [-0.25, -0.2) is 4.39 Å². The maximum atomic E-state index is 12.7. The second kappa shape index (κ2) is 4.13. The first-order valence-electron chi connectivity index (χ1n) is 5.49. The fraction of sp³-hybridized carbons (Fsp3) is 0.462. The molecule has 0 spiro atoms. The van der Waals surface area contributed by atoms with E-state index < -0.39 is 0 Å². The normalized spacial score (nSPS) is 20.8. The van der Waals surface area contributed by atoms with Crippen molar-refractivity contribution in [3.05, 3.63) is 35.6 Å². The molecular formula is C13H16FN. The summed E-state index contributed by atoms with van der Waals surface area (Å²) >= 11 is 0. The van der Waals surface area contributed by atoms with Gasteiger partial charge >= 0.3 is 0 Å². The molecule has 0 aliphatic carbocycles. The smallest absolute Gasteiger partial charge is 0.123 e. The van der Waals surface area contributed by atoms with Crippen molar-refractivity contribution in [3.8, 4) is 0 Å². The van der Waals surface area contributed by atoms with Gasteiger partial charge in [-0.2, -0.15) is 0 Å². The molecule has 1 heterocycles. The molecule has 0 bridgehead atoms. The Hall–Kier alpha value is -1.18. The largest absolute Gasteiger partial charge is 0.286 e. The van der Waals surface area contributed by atoms with Gasteiger partial charge in [-0.1, -0.05) is 26.0 Å². The molecule has 1 atom stereocenters. The lowest BCUT2D eigenvalue weighted by Gasteiger charge is -2.06. The van der Waals surface area contributed by atoms with Crippen LogP contribution in [0.2, 0.25) is 0 Å². The second-order valence-corrected chi connectivity index (χ2v) is 4.38. The zero-order valence-electron chi connectivity index (χ0n) is 9.20. The summed E-state index contributed by atoms with van der Waals surface area (Å²) in [5.74, 6) is 0.361. The molecular weight excluding hydrogens is 189 g/mol. The molecule has 1 nitrogen and oxygen atoms in total. The van der Waals surface area contributed by atoms with Crippen molar-refractivity contribution in [2.75, 3.05) is 0 Å². The molecule has 15 heavy (non-hydrogen) atoms. The molecule has 0 saturated carbocycles. The molecule has 1 aromatic rings. The average molecular weight is 205 g/mol. The highest BCUT2D eigenvalue weighted by Crippen LogP contribution is 2.30. The van der Waals surface area contributed by atoms with Crippen LogP contribution in [0.15, 0.2) is 29.3 Å². The first-order chi connectivity index (χ1) is 7.16. The standard InChI is InChI=1S/C13H16FN/c1-9(2)12-7-8-13(15-12)10-3-5-11(14)6-4-10/h3-6,9,13H,7-8H2,1-2H3. The predicted molar refractivity (Wildman–Crippen MR) is 60.6 cm³/mol. The number of benzene rings is 1. The van der Waals surface area contributed by atoms with Crippen molar-refractivity contribution in [1.29, 1.82) is 0 Å². The van der Waals surface area contributed by atoms with Crippen LogP contribution in [0, 0.1) is 11.7 Å². The van der Waals surface area contributed by atoms with E-state index in [0.29, 0.717) is 5.92 Å². The molecule has 1 unspecified atom stereocenters. The van der Waals surface area contributed by atoms with Gasteiger partial charge in [0.05, 0.1) is 6.04 Å². The molecule has 2 heteroatoms. The molecule has 0 radical (unpaired) electrons. The number of nitrogens with zero attached hydrogens (tertiary/aromatic N) is 1. The second-order valence-electron chi connectivity index (χ2n) is 4.38. The Balaban J connectivity index is 2.17. The third kappa shape index (κ3) is 2.25. The van der Waals surface area contributed by atoms with Crippen LogP contribution in [-0.2, 0) is 0 Å². The topological polar surface area (TPSA) is 12.4 Å². The van der Waals surface area contributed by atoms with Gasteiger partial charge in [0.1, 0.15) is 5.82 Å². The highest BCUT2D eigenvalue weighted by molar-refractivity contribution is 5.87. The Labute approximate surface area is 90.0 Å². The van der Waals surface area contributed by atoms with Crippen LogP contribution in [0.25, 0.3) is 0 Å². The molecule has 0 amide bonds. The van der Waals surface area contributed by atoms with Crippen LogP contribution in [0.5, 0.6) is 0 Å². The fourth-order valence-corrected chi connectivity index (χ4v) is 1.98. The van der Waals surface area contributed by atoms with Crippen LogP contribution in [-0.4, -0.2) is 5.71 Å². The maximum Gasteiger partial charge on any atom is 0.123 e. The summed E-state index contributed by atoms with van der Waals surface area (Å²) in [6, 6.07) is 6.96. The van der Waals surface area contributed by atoms with E-state index >= 15 is 0 Å². The highest BCUT2D eigenvalue weighted by atomic mass is 19.1. The first kappa shape index (κ1) is 10.3. The van der Waals surface area contributed by atoms with E-state index in [1.165, 1.54) is 17.8 Å². The third-order valence-corrected chi connectivity index (χ3v) is 2.92. The van der Waals surface area contributed by atoms with Crippen molar-refractivity contribution in [2.24, 2.45) is 10.9 Å². The molecule has 0 N–H and O–H groups in total. The maximum absolute atomic E-state index is 12.7. The van der Waals surface area contributed by atoms with Crippen molar-refractivity contribution in [1.82, 2.24) is 0 Å². The Bertz CT molecular complexity index is 365. The molecule has 1 aliphatic heterocycles. The highest BCUT2D eigenvalue weighted by Gasteiger charge is 2.20. The minimum atomic E-state index is -0.176. The number of rotatable bonds is 2. The molecule has 1 aliphatic rings. The summed E-state index contributed by atoms with van der Waals surface area (Å²) in [5.41, 5.74) is 2.43. The fourth-order valence-electron chi connectivity index (χ4n) is 1.98. The van der Waals surface area contributed by atoms with E-state index in [1.807, 2.05) is 12.1 Å². The van der Waals surface area contributed by atoms with Crippen molar-refractivity contribution < 1.29 is 4.39 Å². The van der Waals surface area contributed by atoms with E-state index in [4.69, 9.17) is 0 Å². The van der Waals surface area contributed by atoms with Gasteiger partial charge < -0.3 is 0 Å². The Morgan fingerprint density at radius 3 is 2.47 bits per heavy atom. The van der Waals surface area contributed by atoms with Gasteiger partial charge in [-0.05, 0) is 36.5 Å². The number of hydrogen-bond acceptors (Lipinski definition) is 1. The molecule has 0 fully saturated rings. The summed E-state index contributed by atoms with van der Waals surface area (Å²) < 4.78 is 12.7. The number of halogens is 1. The SMILES string of the molecule is CC(C)C1=NC(c2ccc(F)cc2)CC1. The zero-order chi connectivity index (χ0) is 10.8. The van der Waals surface area contributed by atoms with Crippen molar-refractivity contribution >= 4 is 5.71 Å². The quantitative estimate of drug-likeness (QED) is 0.697. The average Bonchev–Trinajstić information content (AvgIpc) is 2.68. The summed E-state index contributed by atoms with van der Waals surface area (Å²) in [6.45, 7) is 4.34. The Morgan fingerprint density at radius 1 is 1.27 bits per heavy atom. The van der Waals surface area contributed by atoms with E-state index in [9.17, 15) is 4.39 Å². The first-order valence-corrected chi connectivity index (χ1v) is 5.49. The van der Waals surface area contributed by atoms with Gasteiger partial charge in [0.2, 0.25) is 0 Å². The van der Waals surface area contributed by atoms with Crippen LogP contribution in [0.4, 0.5) is 4.39 Å². The molecule has 0 saturated heterocycles. The van der Waals surface area contributed by atoms with Gasteiger partial charge in [-0.3, -0.25) is 4.99 Å². The molecule has 1 aromatic carbocycles. The summed E-state index contributed by atoms with van der Waals surface area (Å²) in [5, 5.41) is 0. The summed E-state index contributed by atoms with van der Waals surface area (Å²) in [6.07, 6.45) is 2.15. The predicted octanol–water partition coefficient (Wildman–Crippen LogP) is 3.76. The van der Waals surface area contributed by atoms with Gasteiger partial charge in [-0.15, -0.1) is 0 Å². The third-order valence-electron chi connectivity index (χ3n) is 2.92. The van der Waals surface area contributed by atoms with E-state index in [1.54, 1.807) is 0 Å². The molecule has 0 aromatic heterocycles. The number of hydrogen-bond donors (Lipinski definition) is 0. The van der Waals surface area contributed by atoms with E-state index in [-0.39, 0.29) is 11.9 Å². The molecule has 80 valence electrons. The minimum Gasteiger partial charge on any atom is -0.286 e. The van der Waals surface area contributed by atoms with Crippen LogP contribution in [0.3, 0.4) is 0 Å². The monoisotopic (exact) mass is 205 g/mol. The van der Waals surface area contributed by atoms with E-state index in [0.717, 1.165) is 18.4 Å². The minimum absolute atomic E-state index is 0.176. The van der Waals surface area contributed by atoms with Gasteiger partial charge in [0.15, 0.2) is 0 Å². The zero-order valence-corrected chi connectivity index (χ0v) is 9.20. The summed E-state index contributed by atoms with van der Waals surface area (Å²) in [4.78, 5) is 4.68. The lowest BCUT2D eigenvalue weighted by molar-refractivity contribution is 0.624. The Morgan fingerprint density at radius 2 is 1.93 bits per heavy atom. The lowest BCUT2D eigenvalue weighted by Crippen LogP contribution is -2.02. The van der Waals surface area contributed by atoms with Crippen molar-refractivity contribution in [3.63, 3.8) is 0 Å². The van der Waals surface area contributed by atoms with Crippen molar-refractivity contribution in [2.45, 2.75) is 32.7 Å². The molecule has 2 rings (SSSR count). The lowest BCUT2D eigenvalue weighted by atomic mass is 10.0. The van der Waals surface area contributed by atoms with E-state index in [2.05, 4.69) is 18.8 Å². The van der Waals surface area contributed by atoms with Crippen LogP contribution in [0.1, 0.15) is 38.3 Å². The van der Waals surface area contributed by atoms with Crippen LogP contribution >= 0.6 is 0 Å². The van der Waals surface area contributed by atoms with Crippen LogP contribution < -0.4 is 0 Å². The van der Waals surface area contributed by atoms with Gasteiger partial charge in [0, 0.05) is 5.71 Å². The Kier molecular flexibility index (Phi) is 2.85. The number of aliphatic imine (C=N–C) groups is 1. The van der Waals surface area contributed by atoms with Gasteiger partial charge in [0.25, 0.3) is 0 Å². The summed E-state index contributed by atoms with van der Waals surface area (Å²) in [7, 11) is 0.